The second-order valence-electron chi connectivity index (χ2n) is 3.36. The lowest BCUT2D eigenvalue weighted by Gasteiger charge is -2.04. The van der Waals surface area contributed by atoms with Crippen molar-refractivity contribution >= 4 is 11.7 Å². The molecular weight excluding hydrogens is 222 g/mol. The van der Waals surface area contributed by atoms with Crippen molar-refractivity contribution in [3.8, 4) is 5.75 Å². The van der Waals surface area contributed by atoms with Crippen molar-refractivity contribution in [3.63, 3.8) is 0 Å². The highest BCUT2D eigenvalue weighted by molar-refractivity contribution is 5.94. The number of carbonyl (C=O) groups excluding carboxylic acids is 1. The number of carbonyl (C=O) groups is 1. The van der Waals surface area contributed by atoms with Gasteiger partial charge in [-0.2, -0.15) is 5.10 Å². The molecular formula is C10H11N5O2. The Balaban J connectivity index is 2.04. The maximum atomic E-state index is 11.7. The van der Waals surface area contributed by atoms with E-state index < -0.39 is 5.91 Å². The van der Waals surface area contributed by atoms with Gasteiger partial charge < -0.3 is 16.2 Å². The Kier molecular flexibility index (Phi) is 2.91. The molecule has 2 rings (SSSR count). The van der Waals surface area contributed by atoms with E-state index in [1.54, 1.807) is 6.07 Å². The molecule has 0 saturated heterocycles. The summed E-state index contributed by atoms with van der Waals surface area (Å²) >= 11 is 0. The predicted molar refractivity (Wildman–Crippen MR) is 60.1 cm³/mol. The number of hydrogen-bond acceptors (Lipinski definition) is 5. The van der Waals surface area contributed by atoms with Crippen molar-refractivity contribution in [1.82, 2.24) is 20.5 Å². The number of aromatic nitrogens is 3. The standard InChI is InChI=1S/C10H11N5O2/c11-9-6(5-14-15-9)4-13-10(17)8-7(16)2-1-3-12-8/h1-3,5,16H,4H2,(H,13,17)(H3,11,14,15). The molecule has 0 aromatic carbocycles. The van der Waals surface area contributed by atoms with E-state index in [1.807, 2.05) is 0 Å². The molecule has 17 heavy (non-hydrogen) atoms. The van der Waals surface area contributed by atoms with Gasteiger partial charge in [0.15, 0.2) is 5.69 Å². The summed E-state index contributed by atoms with van der Waals surface area (Å²) in [5, 5.41) is 18.3. The fourth-order valence-electron chi connectivity index (χ4n) is 1.29. The molecule has 0 bridgehead atoms. The quantitative estimate of drug-likeness (QED) is 0.596. The molecule has 2 heterocycles. The summed E-state index contributed by atoms with van der Waals surface area (Å²) in [4.78, 5) is 15.5. The first-order chi connectivity index (χ1) is 8.18. The molecule has 0 atom stereocenters. The van der Waals surface area contributed by atoms with Crippen LogP contribution in [-0.4, -0.2) is 26.2 Å². The van der Waals surface area contributed by atoms with Gasteiger partial charge in [-0.3, -0.25) is 9.89 Å². The van der Waals surface area contributed by atoms with E-state index in [2.05, 4.69) is 20.5 Å². The summed E-state index contributed by atoms with van der Waals surface area (Å²) in [6, 6.07) is 2.94. The number of hydrogen-bond donors (Lipinski definition) is 4. The first-order valence-corrected chi connectivity index (χ1v) is 4.88. The highest BCUT2D eigenvalue weighted by Gasteiger charge is 2.12. The van der Waals surface area contributed by atoms with E-state index in [1.165, 1.54) is 18.5 Å². The van der Waals surface area contributed by atoms with Crippen LogP contribution in [0.15, 0.2) is 24.5 Å². The average Bonchev–Trinajstić information content (AvgIpc) is 2.72. The van der Waals surface area contributed by atoms with Crippen LogP contribution in [-0.2, 0) is 6.54 Å². The Morgan fingerprint density at radius 3 is 3.06 bits per heavy atom. The van der Waals surface area contributed by atoms with Crippen LogP contribution in [0.3, 0.4) is 0 Å². The molecule has 0 unspecified atom stereocenters. The molecule has 1 amide bonds. The Morgan fingerprint density at radius 2 is 2.41 bits per heavy atom. The molecule has 0 radical (unpaired) electrons. The molecule has 88 valence electrons. The van der Waals surface area contributed by atoms with Crippen LogP contribution in [0.25, 0.3) is 0 Å². The predicted octanol–water partition coefficient (Wildman–Crippen LogP) is 0.0225. The topological polar surface area (TPSA) is 117 Å². The minimum atomic E-state index is -0.469. The molecule has 0 aliphatic rings. The molecule has 2 aromatic heterocycles. The Morgan fingerprint density at radius 1 is 1.59 bits per heavy atom. The molecule has 0 fully saturated rings. The molecule has 7 nitrogen and oxygen atoms in total. The molecule has 5 N–H and O–H groups in total. The number of H-pyrrole nitrogens is 1. The number of nitrogens with two attached hydrogens (primary N) is 1. The third-order valence-electron chi connectivity index (χ3n) is 2.19. The number of aromatic hydroxyl groups is 1. The number of amides is 1. The summed E-state index contributed by atoms with van der Waals surface area (Å²) in [5.41, 5.74) is 6.22. The van der Waals surface area contributed by atoms with Gasteiger partial charge in [0.1, 0.15) is 11.6 Å². The smallest absolute Gasteiger partial charge is 0.274 e. The van der Waals surface area contributed by atoms with Crippen LogP contribution >= 0.6 is 0 Å². The number of anilines is 1. The number of rotatable bonds is 3. The fourth-order valence-corrected chi connectivity index (χ4v) is 1.29. The van der Waals surface area contributed by atoms with Crippen LogP contribution in [0.4, 0.5) is 5.82 Å². The van der Waals surface area contributed by atoms with Crippen molar-refractivity contribution in [2.45, 2.75) is 6.54 Å². The number of nitrogens with one attached hydrogen (secondary N) is 2. The van der Waals surface area contributed by atoms with Gasteiger partial charge in [0.25, 0.3) is 5.91 Å². The van der Waals surface area contributed by atoms with Gasteiger partial charge in [0.05, 0.1) is 6.20 Å². The van der Waals surface area contributed by atoms with Crippen LogP contribution in [0, 0.1) is 0 Å². The zero-order valence-corrected chi connectivity index (χ0v) is 8.84. The fraction of sp³-hybridized carbons (Fsp3) is 0.100. The summed E-state index contributed by atoms with van der Waals surface area (Å²) < 4.78 is 0. The highest BCUT2D eigenvalue weighted by Crippen LogP contribution is 2.12. The van der Waals surface area contributed by atoms with E-state index in [-0.39, 0.29) is 18.0 Å². The van der Waals surface area contributed by atoms with E-state index >= 15 is 0 Å². The Hall–Kier alpha value is -2.57. The molecule has 0 spiro atoms. The van der Waals surface area contributed by atoms with Crippen molar-refractivity contribution in [2.24, 2.45) is 0 Å². The van der Waals surface area contributed by atoms with E-state index in [9.17, 15) is 9.90 Å². The summed E-state index contributed by atoms with van der Waals surface area (Å²) in [6.45, 7) is 0.219. The summed E-state index contributed by atoms with van der Waals surface area (Å²) in [5.74, 6) is -0.232. The van der Waals surface area contributed by atoms with Crippen LogP contribution < -0.4 is 11.1 Å². The van der Waals surface area contributed by atoms with Crippen LogP contribution in [0.5, 0.6) is 5.75 Å². The van der Waals surface area contributed by atoms with E-state index in [4.69, 9.17) is 5.73 Å². The second kappa shape index (κ2) is 4.52. The second-order valence-corrected chi connectivity index (χ2v) is 3.36. The minimum absolute atomic E-state index is 0.0189. The van der Waals surface area contributed by atoms with Crippen molar-refractivity contribution in [1.29, 1.82) is 0 Å². The van der Waals surface area contributed by atoms with Gasteiger partial charge in [-0.05, 0) is 12.1 Å². The Labute approximate surface area is 96.7 Å². The van der Waals surface area contributed by atoms with Gasteiger partial charge in [-0.1, -0.05) is 0 Å². The number of pyridine rings is 1. The molecule has 0 aliphatic carbocycles. The van der Waals surface area contributed by atoms with Gasteiger partial charge in [0, 0.05) is 18.3 Å². The van der Waals surface area contributed by atoms with Crippen LogP contribution in [0.2, 0.25) is 0 Å². The largest absolute Gasteiger partial charge is 0.505 e. The number of nitrogen functional groups attached to an aromatic ring is 1. The lowest BCUT2D eigenvalue weighted by atomic mass is 10.3. The third kappa shape index (κ3) is 2.33. The summed E-state index contributed by atoms with van der Waals surface area (Å²) in [6.07, 6.45) is 2.95. The van der Waals surface area contributed by atoms with Crippen molar-refractivity contribution < 1.29 is 9.90 Å². The molecule has 0 aliphatic heterocycles. The van der Waals surface area contributed by atoms with E-state index in [0.717, 1.165) is 0 Å². The van der Waals surface area contributed by atoms with E-state index in [0.29, 0.717) is 11.4 Å². The van der Waals surface area contributed by atoms with Gasteiger partial charge >= 0.3 is 0 Å². The molecule has 0 saturated carbocycles. The summed E-state index contributed by atoms with van der Waals surface area (Å²) in [7, 11) is 0. The number of nitrogens with zero attached hydrogens (tertiary/aromatic N) is 2. The average molecular weight is 233 g/mol. The lowest BCUT2D eigenvalue weighted by molar-refractivity contribution is 0.0943. The first kappa shape index (κ1) is 10.9. The van der Waals surface area contributed by atoms with Crippen molar-refractivity contribution in [2.75, 3.05) is 5.73 Å². The molecule has 7 heteroatoms. The molecule has 2 aromatic rings. The first-order valence-electron chi connectivity index (χ1n) is 4.88. The third-order valence-corrected chi connectivity index (χ3v) is 2.19. The lowest BCUT2D eigenvalue weighted by Crippen LogP contribution is -2.24. The van der Waals surface area contributed by atoms with Crippen molar-refractivity contribution in [3.05, 3.63) is 35.8 Å². The maximum Gasteiger partial charge on any atom is 0.274 e. The zero-order valence-electron chi connectivity index (χ0n) is 8.84. The minimum Gasteiger partial charge on any atom is -0.505 e. The normalized spacial score (nSPS) is 10.1. The zero-order chi connectivity index (χ0) is 12.3. The van der Waals surface area contributed by atoms with Gasteiger partial charge in [-0.25, -0.2) is 4.98 Å². The number of aromatic amines is 1. The monoisotopic (exact) mass is 233 g/mol. The maximum absolute atomic E-state index is 11.7. The van der Waals surface area contributed by atoms with Gasteiger partial charge in [0.2, 0.25) is 0 Å². The SMILES string of the molecule is Nc1[nH]ncc1CNC(=O)c1ncccc1O. The Bertz CT molecular complexity index is 537. The highest BCUT2D eigenvalue weighted by atomic mass is 16.3. The van der Waals surface area contributed by atoms with Gasteiger partial charge in [-0.15, -0.1) is 0 Å². The van der Waals surface area contributed by atoms with Crippen LogP contribution in [0.1, 0.15) is 16.1 Å².